The molecule has 2 rings (SSSR count). The first-order valence-corrected chi connectivity index (χ1v) is 4.26. The van der Waals surface area contributed by atoms with Gasteiger partial charge in [-0.25, -0.2) is 9.78 Å². The lowest BCUT2D eigenvalue weighted by atomic mass is 10.2. The predicted octanol–water partition coefficient (Wildman–Crippen LogP) is 0.776. The molecule has 0 fully saturated rings. The molecular formula is C10H8N3O2+. The van der Waals surface area contributed by atoms with Crippen LogP contribution in [0, 0.1) is 0 Å². The topological polar surface area (TPSA) is 88.1 Å². The highest BCUT2D eigenvalue weighted by atomic mass is 16.4. The van der Waals surface area contributed by atoms with Crippen LogP contribution in [0.2, 0.25) is 0 Å². The molecule has 0 spiro atoms. The molecule has 5 heteroatoms. The number of fused-ring (bicyclic) bond motifs is 1. The number of carboxylic acids is 1. The minimum absolute atomic E-state index is 0.0108. The molecule has 0 atom stereocenters. The summed E-state index contributed by atoms with van der Waals surface area (Å²) in [5.41, 5.74) is 6.27. The summed E-state index contributed by atoms with van der Waals surface area (Å²) in [5.74, 6) is -1.05. The Morgan fingerprint density at radius 2 is 2.07 bits per heavy atom. The van der Waals surface area contributed by atoms with Crippen molar-refractivity contribution in [3.05, 3.63) is 36.0 Å². The van der Waals surface area contributed by atoms with Crippen LogP contribution in [-0.4, -0.2) is 16.1 Å². The first kappa shape index (κ1) is 9.26. The molecule has 2 aromatic rings. The minimum Gasteiger partial charge on any atom is -0.477 e. The molecule has 0 aliphatic rings. The van der Waals surface area contributed by atoms with Crippen LogP contribution in [0.25, 0.3) is 10.9 Å². The number of pyridine rings is 1. The lowest BCUT2D eigenvalue weighted by Gasteiger charge is -1.98. The molecule has 74 valence electrons. The average Bonchev–Trinajstić information content (AvgIpc) is 2.27. The monoisotopic (exact) mass is 202 g/mol. The van der Waals surface area contributed by atoms with Crippen LogP contribution in [0.3, 0.4) is 0 Å². The van der Waals surface area contributed by atoms with Gasteiger partial charge in [-0.2, -0.15) is 5.53 Å². The fraction of sp³-hybridized carbons (Fsp3) is 0. The maximum absolute atomic E-state index is 10.7. The van der Waals surface area contributed by atoms with Crippen LogP contribution in [0.4, 0.5) is 5.69 Å². The molecule has 1 heterocycles. The van der Waals surface area contributed by atoms with Crippen LogP contribution >= 0.6 is 0 Å². The third-order valence-corrected chi connectivity index (χ3v) is 2.04. The van der Waals surface area contributed by atoms with Gasteiger partial charge in [0.25, 0.3) is 0 Å². The van der Waals surface area contributed by atoms with Crippen LogP contribution in [-0.2, 0) is 0 Å². The van der Waals surface area contributed by atoms with E-state index in [1.54, 1.807) is 24.3 Å². The van der Waals surface area contributed by atoms with Gasteiger partial charge in [-0.1, -0.05) is 12.1 Å². The van der Waals surface area contributed by atoms with Gasteiger partial charge < -0.3 is 5.11 Å². The molecule has 15 heavy (non-hydrogen) atoms. The Morgan fingerprint density at radius 3 is 2.73 bits per heavy atom. The van der Waals surface area contributed by atoms with Crippen molar-refractivity contribution < 1.29 is 15.4 Å². The van der Waals surface area contributed by atoms with E-state index in [1.165, 1.54) is 6.07 Å². The van der Waals surface area contributed by atoms with Gasteiger partial charge in [-0.15, -0.1) is 0 Å². The van der Waals surface area contributed by atoms with Gasteiger partial charge in [-0.05, 0) is 23.3 Å². The summed E-state index contributed by atoms with van der Waals surface area (Å²) in [7, 11) is 0. The normalized spacial score (nSPS) is 10.1. The van der Waals surface area contributed by atoms with Gasteiger partial charge >= 0.3 is 5.97 Å². The van der Waals surface area contributed by atoms with Gasteiger partial charge in [-0.3, -0.25) is 0 Å². The zero-order valence-electron chi connectivity index (χ0n) is 7.71. The molecule has 0 saturated heterocycles. The van der Waals surface area contributed by atoms with Crippen LogP contribution < -0.4 is 5.53 Å². The maximum atomic E-state index is 10.7. The van der Waals surface area contributed by atoms with Crippen molar-refractivity contribution in [3.8, 4) is 0 Å². The number of aromatic carboxylic acids is 1. The van der Waals surface area contributed by atoms with Gasteiger partial charge in [0, 0.05) is 5.39 Å². The van der Waals surface area contributed by atoms with E-state index in [0.29, 0.717) is 11.2 Å². The van der Waals surface area contributed by atoms with Gasteiger partial charge in [0.15, 0.2) is 0 Å². The molecule has 0 bridgehead atoms. The molecule has 1 aromatic heterocycles. The Balaban J connectivity index is 2.67. The van der Waals surface area contributed by atoms with Crippen LogP contribution in [0.1, 0.15) is 10.5 Å². The van der Waals surface area contributed by atoms with E-state index in [0.717, 1.165) is 5.39 Å². The molecule has 0 aliphatic heterocycles. The second-order valence-corrected chi connectivity index (χ2v) is 3.01. The first-order chi connectivity index (χ1) is 7.20. The number of hydrogen-bond donors (Lipinski definition) is 2. The number of benzene rings is 1. The molecule has 5 nitrogen and oxygen atoms in total. The summed E-state index contributed by atoms with van der Waals surface area (Å²) in [6, 6.07) is 8.34. The standard InChI is InChI=1S/C10H7N3O2/c11-13-7-3-1-6-2-4-8(10(14)15)12-9(6)5-7/h1-5,11H,(H,14,15)/p+1. The van der Waals surface area contributed by atoms with E-state index in [4.69, 9.17) is 10.6 Å². The number of carboxylic acid groups (broad SMARTS) is 1. The Labute approximate surface area is 84.9 Å². The largest absolute Gasteiger partial charge is 0.477 e. The van der Waals surface area contributed by atoms with Crippen molar-refractivity contribution in [2.75, 3.05) is 0 Å². The lowest BCUT2D eigenvalue weighted by Crippen LogP contribution is -2.21. The van der Waals surface area contributed by atoms with E-state index < -0.39 is 5.97 Å². The van der Waals surface area contributed by atoms with Crippen LogP contribution in [0.15, 0.2) is 35.4 Å². The quantitative estimate of drug-likeness (QED) is 0.705. The smallest absolute Gasteiger partial charge is 0.354 e. The Bertz CT molecular complexity index is 551. The Morgan fingerprint density at radius 1 is 1.33 bits per heavy atom. The second kappa shape index (κ2) is 3.45. The van der Waals surface area contributed by atoms with E-state index >= 15 is 0 Å². The molecular weight excluding hydrogens is 194 g/mol. The SMILES string of the molecule is [NH2+]=Nc1ccc2ccc(C(=O)O)nc2c1. The zero-order valence-corrected chi connectivity index (χ0v) is 7.71. The maximum Gasteiger partial charge on any atom is 0.354 e. The molecule has 1 aromatic carbocycles. The number of hydrogen-bond acceptors (Lipinski definition) is 3. The van der Waals surface area contributed by atoms with Crippen LogP contribution in [0.5, 0.6) is 0 Å². The van der Waals surface area contributed by atoms with Crippen molar-refractivity contribution in [2.45, 2.75) is 0 Å². The zero-order chi connectivity index (χ0) is 10.8. The van der Waals surface area contributed by atoms with Gasteiger partial charge in [0.1, 0.15) is 11.4 Å². The highest BCUT2D eigenvalue weighted by Crippen LogP contribution is 2.19. The Kier molecular flexibility index (Phi) is 2.13. The summed E-state index contributed by atoms with van der Waals surface area (Å²) in [4.78, 5) is 14.7. The highest BCUT2D eigenvalue weighted by molar-refractivity contribution is 5.90. The van der Waals surface area contributed by atoms with Gasteiger partial charge in [0.2, 0.25) is 0 Å². The number of nitrogens with two attached hydrogens (primary N) is 1. The molecule has 0 saturated carbocycles. The van der Waals surface area contributed by atoms with E-state index in [9.17, 15) is 4.79 Å². The fourth-order valence-electron chi connectivity index (χ4n) is 1.30. The highest BCUT2D eigenvalue weighted by Gasteiger charge is 2.05. The molecule has 0 radical (unpaired) electrons. The number of nitrogens with zero attached hydrogens (tertiary/aromatic N) is 2. The third kappa shape index (κ3) is 1.67. The van der Waals surface area contributed by atoms with Crippen molar-refractivity contribution >= 4 is 22.6 Å². The Hall–Kier alpha value is -2.30. The second-order valence-electron chi connectivity index (χ2n) is 3.01. The van der Waals surface area contributed by atoms with E-state index in [-0.39, 0.29) is 5.69 Å². The lowest BCUT2D eigenvalue weighted by molar-refractivity contribution is -0.210. The number of rotatable bonds is 2. The van der Waals surface area contributed by atoms with Gasteiger partial charge in [0.05, 0.1) is 5.52 Å². The number of carbonyl (C=O) groups is 1. The first-order valence-electron chi connectivity index (χ1n) is 4.26. The van der Waals surface area contributed by atoms with Crippen molar-refractivity contribution in [1.29, 1.82) is 0 Å². The van der Waals surface area contributed by atoms with Crippen molar-refractivity contribution in [1.82, 2.24) is 4.98 Å². The fourth-order valence-corrected chi connectivity index (χ4v) is 1.30. The summed E-state index contributed by atoms with van der Waals surface area (Å²) in [6.07, 6.45) is 0. The summed E-state index contributed by atoms with van der Waals surface area (Å²) in [6.45, 7) is 0. The van der Waals surface area contributed by atoms with E-state index in [1.807, 2.05) is 0 Å². The molecule has 0 unspecified atom stereocenters. The van der Waals surface area contributed by atoms with Crippen molar-refractivity contribution in [3.63, 3.8) is 0 Å². The summed E-state index contributed by atoms with van der Waals surface area (Å²) < 4.78 is 0. The average molecular weight is 202 g/mol. The van der Waals surface area contributed by atoms with Crippen molar-refractivity contribution in [2.24, 2.45) is 5.11 Å². The molecule has 3 N–H and O–H groups in total. The number of aromatic nitrogens is 1. The minimum atomic E-state index is -1.05. The summed E-state index contributed by atoms with van der Waals surface area (Å²) >= 11 is 0. The molecule has 0 amide bonds. The summed E-state index contributed by atoms with van der Waals surface area (Å²) in [5, 5.41) is 13.1. The van der Waals surface area contributed by atoms with E-state index in [2.05, 4.69) is 10.1 Å². The molecule has 0 aliphatic carbocycles. The predicted molar refractivity (Wildman–Crippen MR) is 52.7 cm³/mol. The third-order valence-electron chi connectivity index (χ3n) is 2.04.